The highest BCUT2D eigenvalue weighted by atomic mass is 19.4. The molecule has 0 spiro atoms. The van der Waals surface area contributed by atoms with E-state index in [1.165, 1.54) is 19.2 Å². The maximum absolute atomic E-state index is 13.7. The second-order valence-corrected chi connectivity index (χ2v) is 6.86. The van der Waals surface area contributed by atoms with Crippen LogP contribution in [0, 0.1) is 12.8 Å². The van der Waals surface area contributed by atoms with Gasteiger partial charge in [-0.2, -0.15) is 13.2 Å². The number of rotatable bonds is 9. The first-order chi connectivity index (χ1) is 12.1. The lowest BCUT2D eigenvalue weighted by molar-refractivity contribution is -0.270. The Morgan fingerprint density at radius 1 is 1.27 bits per heavy atom. The summed E-state index contributed by atoms with van der Waals surface area (Å²) in [6, 6.07) is 2.82. The molecule has 1 aromatic rings. The van der Waals surface area contributed by atoms with Crippen LogP contribution in [0.1, 0.15) is 64.0 Å². The fourth-order valence-corrected chi connectivity index (χ4v) is 2.67. The first-order valence-corrected chi connectivity index (χ1v) is 9.11. The van der Waals surface area contributed by atoms with Crippen molar-refractivity contribution >= 4 is 11.9 Å². The summed E-state index contributed by atoms with van der Waals surface area (Å²) in [5, 5.41) is 10.5. The summed E-state index contributed by atoms with van der Waals surface area (Å²) in [5.41, 5.74) is -2.06. The van der Waals surface area contributed by atoms with Crippen LogP contribution in [-0.2, 0) is 5.60 Å². The molecule has 26 heavy (non-hydrogen) atoms. The molecule has 0 aliphatic heterocycles. The average molecular weight is 373 g/mol. The summed E-state index contributed by atoms with van der Waals surface area (Å²) in [6.07, 6.45) is -0.775. The molecule has 0 heterocycles. The summed E-state index contributed by atoms with van der Waals surface area (Å²) in [6.45, 7) is 7.68. The van der Waals surface area contributed by atoms with Crippen molar-refractivity contribution in [2.75, 3.05) is 7.11 Å². The first kappa shape index (κ1) is 22.5. The molecule has 1 aromatic carbocycles. The highest BCUT2D eigenvalue weighted by Crippen LogP contribution is 2.47. The van der Waals surface area contributed by atoms with Gasteiger partial charge in [0.1, 0.15) is 5.75 Å². The molecule has 0 saturated heterocycles. The van der Waals surface area contributed by atoms with E-state index in [-0.39, 0.29) is 17.7 Å². The predicted octanol–water partition coefficient (Wildman–Crippen LogP) is 6.08. The molecule has 148 valence electrons. The van der Waals surface area contributed by atoms with Gasteiger partial charge in [-0.1, -0.05) is 40.0 Å². The van der Waals surface area contributed by atoms with Crippen LogP contribution in [0.5, 0.6) is 5.75 Å². The number of hydrogen-bond acceptors (Lipinski definition) is 3. The minimum atomic E-state index is -4.79. The number of unbranched alkanes of at least 4 members (excludes halogenated alkanes) is 1. The SMILES string of the molecule is CCCCC(O)(c1cc(C)c(N=CCC(C)CC)cc1OC)C(F)(F)F. The van der Waals surface area contributed by atoms with E-state index >= 15 is 0 Å². The van der Waals surface area contributed by atoms with E-state index in [2.05, 4.69) is 18.8 Å². The van der Waals surface area contributed by atoms with Gasteiger partial charge >= 0.3 is 6.18 Å². The van der Waals surface area contributed by atoms with Crippen LogP contribution >= 0.6 is 0 Å². The second-order valence-electron chi connectivity index (χ2n) is 6.86. The number of benzene rings is 1. The lowest BCUT2D eigenvalue weighted by Gasteiger charge is -2.32. The van der Waals surface area contributed by atoms with Crippen molar-refractivity contribution in [3.63, 3.8) is 0 Å². The molecule has 2 atom stereocenters. The zero-order valence-electron chi connectivity index (χ0n) is 16.3. The fourth-order valence-electron chi connectivity index (χ4n) is 2.67. The molecule has 0 fully saturated rings. The van der Waals surface area contributed by atoms with E-state index in [0.29, 0.717) is 23.6 Å². The summed E-state index contributed by atoms with van der Waals surface area (Å²) < 4.78 is 46.1. The Balaban J connectivity index is 3.33. The van der Waals surface area contributed by atoms with Crippen LogP contribution in [0.4, 0.5) is 18.9 Å². The van der Waals surface area contributed by atoms with E-state index in [4.69, 9.17) is 4.74 Å². The number of ether oxygens (including phenoxy) is 1. The van der Waals surface area contributed by atoms with Gasteiger partial charge in [0.15, 0.2) is 5.60 Å². The number of aryl methyl sites for hydroxylation is 1. The zero-order valence-corrected chi connectivity index (χ0v) is 16.3. The first-order valence-electron chi connectivity index (χ1n) is 9.11. The second kappa shape index (κ2) is 9.40. The van der Waals surface area contributed by atoms with Gasteiger partial charge in [-0.05, 0) is 37.3 Å². The van der Waals surface area contributed by atoms with Crippen LogP contribution in [0.25, 0.3) is 0 Å². The molecule has 2 unspecified atom stereocenters. The lowest BCUT2D eigenvalue weighted by atomic mass is 9.86. The third kappa shape index (κ3) is 5.22. The summed E-state index contributed by atoms with van der Waals surface area (Å²) in [4.78, 5) is 4.38. The number of halogens is 3. The standard InChI is InChI=1S/C20H30F3NO2/c1-6-8-10-19(25,20(21,22)23)16-12-15(4)17(13-18(16)26-5)24-11-9-14(3)7-2/h11-14,25H,6-10H2,1-5H3. The van der Waals surface area contributed by atoms with E-state index < -0.39 is 18.2 Å². The summed E-state index contributed by atoms with van der Waals surface area (Å²) >= 11 is 0. The van der Waals surface area contributed by atoms with Gasteiger partial charge in [-0.25, -0.2) is 0 Å². The minimum Gasteiger partial charge on any atom is -0.496 e. The van der Waals surface area contributed by atoms with Crippen molar-refractivity contribution in [3.8, 4) is 5.75 Å². The zero-order chi connectivity index (χ0) is 20.0. The molecule has 0 amide bonds. The van der Waals surface area contributed by atoms with E-state index in [9.17, 15) is 18.3 Å². The Labute approximate surface area is 154 Å². The number of aliphatic hydroxyl groups is 1. The Morgan fingerprint density at radius 3 is 2.42 bits per heavy atom. The molecule has 0 radical (unpaired) electrons. The van der Waals surface area contributed by atoms with Crippen molar-refractivity contribution in [2.45, 2.75) is 71.6 Å². The highest BCUT2D eigenvalue weighted by Gasteiger charge is 2.55. The van der Waals surface area contributed by atoms with Crippen molar-refractivity contribution < 1.29 is 23.0 Å². The summed E-state index contributed by atoms with van der Waals surface area (Å²) in [7, 11) is 1.30. The topological polar surface area (TPSA) is 41.8 Å². The third-order valence-corrected chi connectivity index (χ3v) is 4.76. The molecule has 0 bridgehead atoms. The number of aliphatic imine (C=N–C) groups is 1. The number of nitrogens with zero attached hydrogens (tertiary/aromatic N) is 1. The Bertz CT molecular complexity index is 614. The van der Waals surface area contributed by atoms with E-state index in [0.717, 1.165) is 12.8 Å². The Hall–Kier alpha value is -1.56. The van der Waals surface area contributed by atoms with Crippen LogP contribution in [0.15, 0.2) is 17.1 Å². The van der Waals surface area contributed by atoms with Crippen LogP contribution in [-0.4, -0.2) is 24.6 Å². The minimum absolute atomic E-state index is 0.00205. The van der Waals surface area contributed by atoms with Gasteiger partial charge < -0.3 is 9.84 Å². The molecule has 1 rings (SSSR count). The number of alkyl halides is 3. The average Bonchev–Trinajstić information content (AvgIpc) is 2.59. The van der Waals surface area contributed by atoms with Crippen molar-refractivity contribution in [2.24, 2.45) is 10.9 Å². The van der Waals surface area contributed by atoms with Crippen molar-refractivity contribution in [1.29, 1.82) is 0 Å². The maximum atomic E-state index is 13.7. The van der Waals surface area contributed by atoms with Gasteiger partial charge in [0, 0.05) is 17.8 Å². The normalized spacial score (nSPS) is 15.9. The number of hydrogen-bond donors (Lipinski definition) is 1. The van der Waals surface area contributed by atoms with Crippen LogP contribution in [0.3, 0.4) is 0 Å². The molecule has 0 saturated carbocycles. The van der Waals surface area contributed by atoms with E-state index in [1.54, 1.807) is 20.1 Å². The smallest absolute Gasteiger partial charge is 0.421 e. The third-order valence-electron chi connectivity index (χ3n) is 4.76. The molecular weight excluding hydrogens is 343 g/mol. The molecule has 1 N–H and O–H groups in total. The molecule has 3 nitrogen and oxygen atoms in total. The quantitative estimate of drug-likeness (QED) is 0.533. The van der Waals surface area contributed by atoms with Crippen molar-refractivity contribution in [3.05, 3.63) is 23.3 Å². The molecule has 0 aliphatic rings. The van der Waals surface area contributed by atoms with Gasteiger partial charge in [0.05, 0.1) is 12.8 Å². The molecular formula is C20H30F3NO2. The van der Waals surface area contributed by atoms with Gasteiger partial charge in [-0.3, -0.25) is 4.99 Å². The predicted molar refractivity (Wildman–Crippen MR) is 99.4 cm³/mol. The molecule has 0 aromatic heterocycles. The van der Waals surface area contributed by atoms with Crippen molar-refractivity contribution in [1.82, 2.24) is 0 Å². The maximum Gasteiger partial charge on any atom is 0.421 e. The monoisotopic (exact) mass is 373 g/mol. The van der Waals surface area contributed by atoms with Gasteiger partial charge in [0.25, 0.3) is 0 Å². The Kier molecular flexibility index (Phi) is 8.13. The lowest BCUT2D eigenvalue weighted by Crippen LogP contribution is -2.42. The highest BCUT2D eigenvalue weighted by molar-refractivity contribution is 5.67. The summed E-state index contributed by atoms with van der Waals surface area (Å²) in [5.74, 6) is 0.492. The largest absolute Gasteiger partial charge is 0.496 e. The molecule has 6 heteroatoms. The van der Waals surface area contributed by atoms with Gasteiger partial charge in [0.2, 0.25) is 0 Å². The fraction of sp³-hybridized carbons (Fsp3) is 0.650. The van der Waals surface area contributed by atoms with Crippen LogP contribution < -0.4 is 4.74 Å². The molecule has 0 aliphatic carbocycles. The Morgan fingerprint density at radius 2 is 1.92 bits per heavy atom. The van der Waals surface area contributed by atoms with E-state index in [1.807, 2.05) is 0 Å². The van der Waals surface area contributed by atoms with Crippen LogP contribution in [0.2, 0.25) is 0 Å². The van der Waals surface area contributed by atoms with Gasteiger partial charge in [-0.15, -0.1) is 0 Å². The number of methoxy groups -OCH3 is 1.